The maximum atomic E-state index is 12.6. The van der Waals surface area contributed by atoms with E-state index in [0.717, 1.165) is 30.5 Å². The van der Waals surface area contributed by atoms with Gasteiger partial charge in [0.05, 0.1) is 4.90 Å². The van der Waals surface area contributed by atoms with E-state index >= 15 is 0 Å². The number of hydrogen-bond acceptors (Lipinski definition) is 3. The normalized spacial score (nSPS) is 19.6. The molecule has 0 aliphatic heterocycles. The summed E-state index contributed by atoms with van der Waals surface area (Å²) in [5.74, 6) is 0. The molecular formula is C15H22N2O2S. The molecule has 0 heterocycles. The van der Waals surface area contributed by atoms with E-state index in [9.17, 15) is 8.42 Å². The molecule has 20 heavy (non-hydrogen) atoms. The first kappa shape index (κ1) is 14.0. The van der Waals surface area contributed by atoms with Gasteiger partial charge in [-0.05, 0) is 49.8 Å². The van der Waals surface area contributed by atoms with Crippen molar-refractivity contribution < 1.29 is 8.42 Å². The summed E-state index contributed by atoms with van der Waals surface area (Å²) in [7, 11) is -1.65. The van der Waals surface area contributed by atoms with E-state index in [0.29, 0.717) is 10.9 Å². The average molecular weight is 294 g/mol. The van der Waals surface area contributed by atoms with Gasteiger partial charge in [0.2, 0.25) is 10.0 Å². The van der Waals surface area contributed by atoms with Gasteiger partial charge in [0.25, 0.3) is 0 Å². The van der Waals surface area contributed by atoms with E-state index in [1.807, 2.05) is 19.1 Å². The van der Waals surface area contributed by atoms with Crippen molar-refractivity contribution in [3.05, 3.63) is 29.3 Å². The molecule has 1 N–H and O–H groups in total. The number of nitrogens with zero attached hydrogens (tertiary/aromatic N) is 1. The summed E-state index contributed by atoms with van der Waals surface area (Å²) >= 11 is 0. The van der Waals surface area contributed by atoms with E-state index in [2.05, 4.69) is 5.32 Å². The highest BCUT2D eigenvalue weighted by Gasteiger charge is 2.35. The number of rotatable bonds is 6. The lowest BCUT2D eigenvalue weighted by molar-refractivity contribution is 0.463. The van der Waals surface area contributed by atoms with Crippen LogP contribution in [-0.4, -0.2) is 31.9 Å². The van der Waals surface area contributed by atoms with Gasteiger partial charge in [0, 0.05) is 25.7 Å². The largest absolute Gasteiger partial charge is 0.310 e. The van der Waals surface area contributed by atoms with Crippen LogP contribution in [0, 0.1) is 6.92 Å². The van der Waals surface area contributed by atoms with Gasteiger partial charge in [-0.25, -0.2) is 8.42 Å². The molecule has 0 spiro atoms. The third-order valence-corrected chi connectivity index (χ3v) is 6.33. The fourth-order valence-electron chi connectivity index (χ4n) is 2.46. The fraction of sp³-hybridized carbons (Fsp3) is 0.600. The molecule has 2 aliphatic carbocycles. The second kappa shape index (κ2) is 5.13. The Labute approximate surface area is 121 Å². The Morgan fingerprint density at radius 2 is 1.95 bits per heavy atom. The third kappa shape index (κ3) is 2.75. The molecule has 2 fully saturated rings. The molecule has 0 radical (unpaired) electrons. The lowest BCUT2D eigenvalue weighted by atomic mass is 10.1. The molecule has 0 unspecified atom stereocenters. The summed E-state index contributed by atoms with van der Waals surface area (Å²) < 4.78 is 26.8. The first-order valence-corrected chi connectivity index (χ1v) is 8.74. The van der Waals surface area contributed by atoms with Crippen LogP contribution in [0.2, 0.25) is 0 Å². The van der Waals surface area contributed by atoms with Crippen LogP contribution in [0.5, 0.6) is 0 Å². The highest BCUT2D eigenvalue weighted by atomic mass is 32.2. The highest BCUT2D eigenvalue weighted by Crippen LogP contribution is 2.32. The molecule has 1 aromatic carbocycles. The molecule has 0 saturated heterocycles. The standard InChI is InChI=1S/C15H22N2O2S/c1-11-12(10-16-13-6-7-13)4-3-5-15(11)20(18,19)17(2)14-8-9-14/h3-5,13-14,16H,6-10H2,1-2H3. The van der Waals surface area contributed by atoms with Crippen LogP contribution in [0.1, 0.15) is 36.8 Å². The van der Waals surface area contributed by atoms with Crippen molar-refractivity contribution in [3.63, 3.8) is 0 Å². The van der Waals surface area contributed by atoms with Gasteiger partial charge < -0.3 is 5.32 Å². The SMILES string of the molecule is Cc1c(CNC2CC2)cccc1S(=O)(=O)N(C)C1CC1. The van der Waals surface area contributed by atoms with E-state index in [-0.39, 0.29) is 6.04 Å². The summed E-state index contributed by atoms with van der Waals surface area (Å²) in [6, 6.07) is 6.42. The molecule has 2 saturated carbocycles. The zero-order valence-corrected chi connectivity index (χ0v) is 12.9. The van der Waals surface area contributed by atoms with E-state index in [1.54, 1.807) is 13.1 Å². The molecule has 0 amide bonds. The van der Waals surface area contributed by atoms with Crippen molar-refractivity contribution in [3.8, 4) is 0 Å². The minimum Gasteiger partial charge on any atom is -0.310 e. The Morgan fingerprint density at radius 3 is 2.55 bits per heavy atom. The van der Waals surface area contributed by atoms with Crippen molar-refractivity contribution in [2.75, 3.05) is 7.05 Å². The van der Waals surface area contributed by atoms with Crippen LogP contribution in [-0.2, 0) is 16.6 Å². The lowest BCUT2D eigenvalue weighted by Crippen LogP contribution is -2.29. The van der Waals surface area contributed by atoms with Gasteiger partial charge in [0.15, 0.2) is 0 Å². The van der Waals surface area contributed by atoms with Crippen molar-refractivity contribution >= 4 is 10.0 Å². The first-order valence-electron chi connectivity index (χ1n) is 7.30. The maximum Gasteiger partial charge on any atom is 0.243 e. The lowest BCUT2D eigenvalue weighted by Gasteiger charge is -2.19. The Hall–Kier alpha value is -0.910. The first-order chi connectivity index (χ1) is 9.50. The highest BCUT2D eigenvalue weighted by molar-refractivity contribution is 7.89. The molecule has 4 nitrogen and oxygen atoms in total. The second-order valence-corrected chi connectivity index (χ2v) is 7.91. The molecule has 5 heteroatoms. The van der Waals surface area contributed by atoms with Crippen LogP contribution >= 0.6 is 0 Å². The molecule has 110 valence electrons. The van der Waals surface area contributed by atoms with Crippen LogP contribution < -0.4 is 5.32 Å². The molecule has 0 aromatic heterocycles. The average Bonchev–Trinajstić information content (AvgIpc) is 3.28. The number of hydrogen-bond donors (Lipinski definition) is 1. The molecule has 0 atom stereocenters. The molecular weight excluding hydrogens is 272 g/mol. The van der Waals surface area contributed by atoms with Gasteiger partial charge in [0.1, 0.15) is 0 Å². The Kier molecular flexibility index (Phi) is 3.60. The van der Waals surface area contributed by atoms with Crippen molar-refractivity contribution in [2.24, 2.45) is 0 Å². The van der Waals surface area contributed by atoms with Crippen LogP contribution in [0.4, 0.5) is 0 Å². The van der Waals surface area contributed by atoms with Crippen molar-refractivity contribution in [1.82, 2.24) is 9.62 Å². The number of sulfonamides is 1. The van der Waals surface area contributed by atoms with Gasteiger partial charge in [-0.3, -0.25) is 0 Å². The Morgan fingerprint density at radius 1 is 1.25 bits per heavy atom. The second-order valence-electron chi connectivity index (χ2n) is 5.95. The summed E-state index contributed by atoms with van der Waals surface area (Å²) in [4.78, 5) is 0.460. The Balaban J connectivity index is 1.86. The zero-order valence-electron chi connectivity index (χ0n) is 12.1. The van der Waals surface area contributed by atoms with Crippen LogP contribution in [0.3, 0.4) is 0 Å². The molecule has 3 rings (SSSR count). The summed E-state index contributed by atoms with van der Waals surface area (Å²) in [6.07, 6.45) is 4.44. The quantitative estimate of drug-likeness (QED) is 0.873. The predicted octanol–water partition coefficient (Wildman–Crippen LogP) is 2.03. The summed E-state index contributed by atoms with van der Waals surface area (Å²) in [6.45, 7) is 2.67. The predicted molar refractivity (Wildman–Crippen MR) is 79.0 cm³/mol. The van der Waals surface area contributed by atoms with Gasteiger partial charge in [-0.1, -0.05) is 12.1 Å². The summed E-state index contributed by atoms with van der Waals surface area (Å²) in [5, 5.41) is 3.45. The maximum absolute atomic E-state index is 12.6. The minimum atomic E-state index is -3.35. The fourth-order valence-corrected chi connectivity index (χ4v) is 4.14. The van der Waals surface area contributed by atoms with Gasteiger partial charge in [-0.2, -0.15) is 4.31 Å². The smallest absolute Gasteiger partial charge is 0.243 e. The minimum absolute atomic E-state index is 0.202. The Bertz CT molecular complexity index is 604. The van der Waals surface area contributed by atoms with E-state index in [4.69, 9.17) is 0 Å². The number of benzene rings is 1. The topological polar surface area (TPSA) is 49.4 Å². The van der Waals surface area contributed by atoms with Crippen molar-refractivity contribution in [1.29, 1.82) is 0 Å². The van der Waals surface area contributed by atoms with E-state index in [1.165, 1.54) is 17.1 Å². The molecule has 1 aromatic rings. The number of nitrogens with one attached hydrogen (secondary N) is 1. The van der Waals surface area contributed by atoms with Gasteiger partial charge >= 0.3 is 0 Å². The zero-order chi connectivity index (χ0) is 14.3. The summed E-state index contributed by atoms with van der Waals surface area (Å²) in [5.41, 5.74) is 1.97. The third-order valence-electron chi connectivity index (χ3n) is 4.27. The van der Waals surface area contributed by atoms with Gasteiger partial charge in [-0.15, -0.1) is 0 Å². The van der Waals surface area contributed by atoms with E-state index < -0.39 is 10.0 Å². The van der Waals surface area contributed by atoms with Crippen LogP contribution in [0.25, 0.3) is 0 Å². The van der Waals surface area contributed by atoms with Crippen molar-refractivity contribution in [2.45, 2.75) is 56.1 Å². The monoisotopic (exact) mass is 294 g/mol. The molecule has 0 bridgehead atoms. The van der Waals surface area contributed by atoms with Crippen LogP contribution in [0.15, 0.2) is 23.1 Å². The molecule has 2 aliphatic rings.